The number of halogens is 2. The van der Waals surface area contributed by atoms with Crippen LogP contribution >= 0.6 is 0 Å². The molecule has 2 rings (SSSR count). The van der Waals surface area contributed by atoms with Gasteiger partial charge in [-0.05, 0) is 18.4 Å². The number of rotatable bonds is 4. The van der Waals surface area contributed by atoms with Crippen LogP contribution in [-0.2, 0) is 4.79 Å². The number of Topliss-reactive ketones (excluding diaryl/α,β-unsaturated/α-hetero) is 1. The predicted octanol–water partition coefficient (Wildman–Crippen LogP) is 2.93. The molecule has 102 valence electrons. The lowest BCUT2D eigenvalue weighted by Gasteiger charge is -2.20. The summed E-state index contributed by atoms with van der Waals surface area (Å²) in [5.74, 6) is -3.43. The van der Waals surface area contributed by atoms with Crippen LogP contribution in [0.1, 0.15) is 37.0 Å². The zero-order valence-corrected chi connectivity index (χ0v) is 10.9. The van der Waals surface area contributed by atoms with Crippen molar-refractivity contribution in [2.75, 3.05) is 11.4 Å². The minimum Gasteiger partial charge on any atom is -0.304 e. The van der Waals surface area contributed by atoms with Gasteiger partial charge in [-0.1, -0.05) is 20.3 Å². The van der Waals surface area contributed by atoms with E-state index in [0.717, 1.165) is 25.0 Å². The Morgan fingerprint density at radius 3 is 2.47 bits per heavy atom. The third-order valence-electron chi connectivity index (χ3n) is 3.29. The van der Waals surface area contributed by atoms with Crippen LogP contribution in [0.25, 0.3) is 0 Å². The van der Waals surface area contributed by atoms with Crippen molar-refractivity contribution in [1.82, 2.24) is 0 Å². The fraction of sp³-hybridized carbons (Fsp3) is 0.429. The van der Waals surface area contributed by atoms with E-state index in [9.17, 15) is 18.4 Å². The van der Waals surface area contributed by atoms with Crippen LogP contribution < -0.4 is 4.90 Å². The summed E-state index contributed by atoms with van der Waals surface area (Å²) in [5, 5.41) is 0. The molecular weight excluding hydrogens is 252 g/mol. The van der Waals surface area contributed by atoms with Crippen molar-refractivity contribution >= 4 is 17.4 Å². The topological polar surface area (TPSA) is 37.4 Å². The van der Waals surface area contributed by atoms with Gasteiger partial charge in [0, 0.05) is 12.6 Å². The molecule has 0 saturated carbocycles. The second kappa shape index (κ2) is 5.07. The second-order valence-electron chi connectivity index (χ2n) is 4.92. The minimum atomic E-state index is -1.11. The molecule has 0 fully saturated rings. The molecule has 1 aromatic carbocycles. The summed E-state index contributed by atoms with van der Waals surface area (Å²) in [6, 6.07) is 1.72. The highest BCUT2D eigenvalue weighted by Gasteiger charge is 2.37. The highest BCUT2D eigenvalue weighted by atomic mass is 19.2. The zero-order valence-electron chi connectivity index (χ0n) is 10.9. The van der Waals surface area contributed by atoms with Gasteiger partial charge in [-0.2, -0.15) is 0 Å². The van der Waals surface area contributed by atoms with E-state index in [4.69, 9.17) is 0 Å². The quantitative estimate of drug-likeness (QED) is 0.786. The molecule has 1 unspecified atom stereocenters. The smallest absolute Gasteiger partial charge is 0.299 e. The van der Waals surface area contributed by atoms with E-state index in [1.807, 2.05) is 13.8 Å². The lowest BCUT2D eigenvalue weighted by molar-refractivity contribution is -0.114. The number of carbonyl (C=O) groups is 2. The summed E-state index contributed by atoms with van der Waals surface area (Å²) in [6.45, 7) is 4.33. The number of benzene rings is 1. The number of amides is 1. The SMILES string of the molecule is CCCC(C)CN1C(=O)C(=O)c2cc(F)c(F)cc21. The summed E-state index contributed by atoms with van der Waals surface area (Å²) in [6.07, 6.45) is 1.86. The van der Waals surface area contributed by atoms with Gasteiger partial charge in [0.15, 0.2) is 11.6 Å². The Balaban J connectivity index is 2.36. The lowest BCUT2D eigenvalue weighted by Crippen LogP contribution is -2.33. The van der Waals surface area contributed by atoms with Gasteiger partial charge in [0.1, 0.15) is 0 Å². The van der Waals surface area contributed by atoms with Crippen molar-refractivity contribution in [3.05, 3.63) is 29.3 Å². The van der Waals surface area contributed by atoms with Gasteiger partial charge in [0.25, 0.3) is 11.7 Å². The molecule has 0 saturated heterocycles. The molecule has 0 N–H and O–H groups in total. The van der Waals surface area contributed by atoms with Crippen LogP contribution in [0.15, 0.2) is 12.1 Å². The maximum absolute atomic E-state index is 13.3. The summed E-state index contributed by atoms with van der Waals surface area (Å²) in [4.78, 5) is 24.8. The first-order valence-corrected chi connectivity index (χ1v) is 6.31. The van der Waals surface area contributed by atoms with Crippen molar-refractivity contribution in [3.8, 4) is 0 Å². The number of carbonyl (C=O) groups excluding carboxylic acids is 2. The van der Waals surface area contributed by atoms with Crippen LogP contribution in [-0.4, -0.2) is 18.2 Å². The molecule has 3 nitrogen and oxygen atoms in total. The van der Waals surface area contributed by atoms with Crippen LogP contribution in [0.5, 0.6) is 0 Å². The summed E-state index contributed by atoms with van der Waals surface area (Å²) < 4.78 is 26.4. The molecule has 1 aromatic rings. The van der Waals surface area contributed by atoms with E-state index in [1.165, 1.54) is 4.90 Å². The first-order valence-electron chi connectivity index (χ1n) is 6.31. The van der Waals surface area contributed by atoms with Crippen molar-refractivity contribution < 1.29 is 18.4 Å². The maximum atomic E-state index is 13.3. The van der Waals surface area contributed by atoms with Gasteiger partial charge < -0.3 is 4.90 Å². The van der Waals surface area contributed by atoms with E-state index < -0.39 is 23.3 Å². The molecule has 0 radical (unpaired) electrons. The Kier molecular flexibility index (Phi) is 3.64. The number of hydrogen-bond donors (Lipinski definition) is 0. The first kappa shape index (κ1) is 13.6. The van der Waals surface area contributed by atoms with Crippen molar-refractivity contribution in [1.29, 1.82) is 0 Å². The van der Waals surface area contributed by atoms with Gasteiger partial charge >= 0.3 is 0 Å². The van der Waals surface area contributed by atoms with Crippen molar-refractivity contribution in [3.63, 3.8) is 0 Å². The molecule has 1 aliphatic heterocycles. The highest BCUT2D eigenvalue weighted by molar-refractivity contribution is 6.52. The third-order valence-corrected chi connectivity index (χ3v) is 3.29. The summed E-state index contributed by atoms with van der Waals surface area (Å²) >= 11 is 0. The van der Waals surface area contributed by atoms with Gasteiger partial charge in [-0.25, -0.2) is 8.78 Å². The molecule has 19 heavy (non-hydrogen) atoms. The fourth-order valence-electron chi connectivity index (χ4n) is 2.37. The lowest BCUT2D eigenvalue weighted by atomic mass is 10.1. The second-order valence-corrected chi connectivity index (χ2v) is 4.92. The first-order chi connectivity index (χ1) is 8.95. The molecule has 0 spiro atoms. The van der Waals surface area contributed by atoms with Gasteiger partial charge in [0.05, 0.1) is 11.3 Å². The van der Waals surface area contributed by atoms with Crippen LogP contribution in [0.2, 0.25) is 0 Å². The van der Waals surface area contributed by atoms with E-state index in [-0.39, 0.29) is 17.2 Å². The number of ketones is 1. The Hall–Kier alpha value is -1.78. The average molecular weight is 267 g/mol. The van der Waals surface area contributed by atoms with E-state index >= 15 is 0 Å². The molecule has 1 heterocycles. The molecule has 1 aliphatic rings. The molecular formula is C14H15F2NO2. The number of hydrogen-bond acceptors (Lipinski definition) is 2. The van der Waals surface area contributed by atoms with E-state index in [1.54, 1.807) is 0 Å². The van der Waals surface area contributed by atoms with Gasteiger partial charge in [-0.15, -0.1) is 0 Å². The zero-order chi connectivity index (χ0) is 14.2. The highest BCUT2D eigenvalue weighted by Crippen LogP contribution is 2.31. The van der Waals surface area contributed by atoms with Crippen molar-refractivity contribution in [2.24, 2.45) is 5.92 Å². The molecule has 0 aromatic heterocycles. The Morgan fingerprint density at radius 1 is 1.21 bits per heavy atom. The van der Waals surface area contributed by atoms with Gasteiger partial charge in [0.2, 0.25) is 0 Å². The predicted molar refractivity (Wildman–Crippen MR) is 67.1 cm³/mol. The number of anilines is 1. The standard InChI is InChI=1S/C14H15F2NO2/c1-3-4-8(2)7-17-12-6-11(16)10(15)5-9(12)13(18)14(17)19/h5-6,8H,3-4,7H2,1-2H3. The average Bonchev–Trinajstić information content (AvgIpc) is 2.56. The molecule has 0 bridgehead atoms. The largest absolute Gasteiger partial charge is 0.304 e. The molecule has 5 heteroatoms. The normalized spacial score (nSPS) is 15.9. The molecule has 0 aliphatic carbocycles. The molecule has 1 atom stereocenters. The van der Waals surface area contributed by atoms with E-state index in [0.29, 0.717) is 6.54 Å². The van der Waals surface area contributed by atoms with Gasteiger partial charge in [-0.3, -0.25) is 9.59 Å². The number of fused-ring (bicyclic) bond motifs is 1. The summed E-state index contributed by atoms with van der Waals surface area (Å²) in [5.41, 5.74) is 0.129. The fourth-order valence-corrected chi connectivity index (χ4v) is 2.37. The maximum Gasteiger partial charge on any atom is 0.299 e. The van der Waals surface area contributed by atoms with Crippen LogP contribution in [0.4, 0.5) is 14.5 Å². The minimum absolute atomic E-state index is 0.0485. The van der Waals surface area contributed by atoms with Crippen LogP contribution in [0, 0.1) is 17.6 Å². The van der Waals surface area contributed by atoms with Crippen LogP contribution in [0.3, 0.4) is 0 Å². The van der Waals surface area contributed by atoms with Crippen molar-refractivity contribution in [2.45, 2.75) is 26.7 Å². The Labute approximate surface area is 110 Å². The molecule has 1 amide bonds. The monoisotopic (exact) mass is 267 g/mol. The summed E-state index contributed by atoms with van der Waals surface area (Å²) in [7, 11) is 0. The Bertz CT molecular complexity index is 542. The van der Waals surface area contributed by atoms with E-state index in [2.05, 4.69) is 0 Å². The number of nitrogens with zero attached hydrogens (tertiary/aromatic N) is 1. The third kappa shape index (κ3) is 2.37. The Morgan fingerprint density at radius 2 is 1.84 bits per heavy atom.